The lowest BCUT2D eigenvalue weighted by atomic mass is 10.1. The average molecular weight is 429 g/mol. The zero-order valence-corrected chi connectivity index (χ0v) is 17.8. The van der Waals surface area contributed by atoms with E-state index in [2.05, 4.69) is 38.9 Å². The summed E-state index contributed by atoms with van der Waals surface area (Å²) in [4.78, 5) is 23.7. The number of aromatic amines is 1. The molecule has 1 saturated heterocycles. The lowest BCUT2D eigenvalue weighted by molar-refractivity contribution is 0.313. The number of nitrogens with zero attached hydrogens (tertiary/aromatic N) is 3. The van der Waals surface area contributed by atoms with Gasteiger partial charge in [-0.2, -0.15) is 4.98 Å². The molecule has 2 N–H and O–H groups in total. The monoisotopic (exact) mass is 428 g/mol. The van der Waals surface area contributed by atoms with Gasteiger partial charge in [-0.15, -0.1) is 12.4 Å². The molecular formula is C22H25ClN4O3. The summed E-state index contributed by atoms with van der Waals surface area (Å²) in [6, 6.07) is 14.9. The van der Waals surface area contributed by atoms with E-state index in [1.165, 1.54) is 18.9 Å². The molecule has 1 fully saturated rings. The first kappa shape index (κ1) is 21.7. The van der Waals surface area contributed by atoms with E-state index in [0.29, 0.717) is 17.1 Å². The van der Waals surface area contributed by atoms with Gasteiger partial charge in [0.15, 0.2) is 11.5 Å². The second-order valence-electron chi connectivity index (χ2n) is 7.21. The number of aromatic nitrogens is 2. The number of likely N-dealkylation sites (N-methyl/N-ethyl adjacent to an activating group) is 1. The van der Waals surface area contributed by atoms with Crippen LogP contribution >= 0.6 is 12.4 Å². The topological polar surface area (TPSA) is 81.7 Å². The highest BCUT2D eigenvalue weighted by Gasteiger charge is 2.14. The highest BCUT2D eigenvalue weighted by molar-refractivity contribution is 5.85. The number of rotatable bonds is 4. The largest absolute Gasteiger partial charge is 0.504 e. The highest BCUT2D eigenvalue weighted by Crippen LogP contribution is 2.31. The van der Waals surface area contributed by atoms with E-state index in [9.17, 15) is 9.90 Å². The van der Waals surface area contributed by atoms with Crippen molar-refractivity contribution in [3.63, 3.8) is 0 Å². The molecule has 158 valence electrons. The number of aromatic hydroxyl groups is 1. The Balaban J connectivity index is 0.00000256. The highest BCUT2D eigenvalue weighted by atomic mass is 35.5. The second-order valence-corrected chi connectivity index (χ2v) is 7.21. The van der Waals surface area contributed by atoms with Gasteiger partial charge >= 0.3 is 5.69 Å². The van der Waals surface area contributed by atoms with Crippen LogP contribution in [0.4, 0.5) is 5.69 Å². The van der Waals surface area contributed by atoms with Crippen molar-refractivity contribution in [1.29, 1.82) is 0 Å². The molecule has 3 aromatic rings. The summed E-state index contributed by atoms with van der Waals surface area (Å²) >= 11 is 0. The molecular weight excluding hydrogens is 404 g/mol. The van der Waals surface area contributed by atoms with E-state index >= 15 is 0 Å². The van der Waals surface area contributed by atoms with Gasteiger partial charge in [-0.05, 0) is 43.4 Å². The van der Waals surface area contributed by atoms with Crippen molar-refractivity contribution in [3.8, 4) is 34.0 Å². The standard InChI is InChI=1S/C22H24N4O3.ClH/c1-25-9-11-26(12-10-25)17-6-3-15(4-7-17)18-14-19(24-22(28)23-18)16-5-8-20(27)21(13-16)29-2;/h3-8,13-14,27H,9-12H2,1-2H3,(H,23,24,28);1H. The van der Waals surface area contributed by atoms with Gasteiger partial charge in [0, 0.05) is 43.0 Å². The van der Waals surface area contributed by atoms with E-state index in [0.717, 1.165) is 37.3 Å². The lowest BCUT2D eigenvalue weighted by Gasteiger charge is -2.34. The van der Waals surface area contributed by atoms with Crippen molar-refractivity contribution in [2.45, 2.75) is 0 Å². The molecule has 0 spiro atoms. The van der Waals surface area contributed by atoms with Crippen LogP contribution in [-0.2, 0) is 0 Å². The van der Waals surface area contributed by atoms with E-state index in [-0.39, 0.29) is 18.2 Å². The summed E-state index contributed by atoms with van der Waals surface area (Å²) in [5.74, 6) is 0.394. The molecule has 7 nitrogen and oxygen atoms in total. The van der Waals surface area contributed by atoms with Crippen LogP contribution < -0.4 is 15.3 Å². The molecule has 0 atom stereocenters. The molecule has 1 aliphatic rings. The molecule has 0 radical (unpaired) electrons. The number of anilines is 1. The fraction of sp³-hybridized carbons (Fsp3) is 0.273. The maximum atomic E-state index is 12.2. The zero-order chi connectivity index (χ0) is 20.4. The summed E-state index contributed by atoms with van der Waals surface area (Å²) in [5, 5.41) is 9.80. The number of phenols is 1. The van der Waals surface area contributed by atoms with Crippen LogP contribution in [0.5, 0.6) is 11.5 Å². The Morgan fingerprint density at radius 2 is 1.67 bits per heavy atom. The Labute approximate surface area is 181 Å². The van der Waals surface area contributed by atoms with Crippen LogP contribution in [0.25, 0.3) is 22.5 Å². The first-order chi connectivity index (χ1) is 14.0. The predicted octanol–water partition coefficient (Wildman–Crippen LogP) is 2.99. The maximum absolute atomic E-state index is 12.2. The van der Waals surface area contributed by atoms with Gasteiger partial charge in [0.2, 0.25) is 0 Å². The van der Waals surface area contributed by atoms with Gasteiger partial charge in [0.1, 0.15) is 0 Å². The van der Waals surface area contributed by atoms with E-state index in [4.69, 9.17) is 4.74 Å². The van der Waals surface area contributed by atoms with Crippen molar-refractivity contribution in [2.24, 2.45) is 0 Å². The van der Waals surface area contributed by atoms with Crippen molar-refractivity contribution < 1.29 is 9.84 Å². The minimum atomic E-state index is -0.423. The molecule has 0 bridgehead atoms. The first-order valence-corrected chi connectivity index (χ1v) is 9.56. The normalized spacial score (nSPS) is 14.3. The molecule has 0 unspecified atom stereocenters. The Bertz CT molecular complexity index is 1060. The smallest absolute Gasteiger partial charge is 0.345 e. The zero-order valence-electron chi connectivity index (χ0n) is 17.0. The van der Waals surface area contributed by atoms with Crippen LogP contribution in [0.3, 0.4) is 0 Å². The quantitative estimate of drug-likeness (QED) is 0.664. The summed E-state index contributed by atoms with van der Waals surface area (Å²) < 4.78 is 5.16. The molecule has 2 heterocycles. The fourth-order valence-electron chi connectivity index (χ4n) is 3.51. The van der Waals surface area contributed by atoms with Crippen LogP contribution in [0.1, 0.15) is 0 Å². The molecule has 1 aromatic heterocycles. The van der Waals surface area contributed by atoms with Gasteiger partial charge in [0.25, 0.3) is 0 Å². The first-order valence-electron chi connectivity index (χ1n) is 9.56. The molecule has 0 saturated carbocycles. The second kappa shape index (κ2) is 9.19. The van der Waals surface area contributed by atoms with Crippen LogP contribution in [0.15, 0.2) is 53.3 Å². The number of ether oxygens (including phenoxy) is 1. The number of hydrogen-bond donors (Lipinski definition) is 2. The fourth-order valence-corrected chi connectivity index (χ4v) is 3.51. The van der Waals surface area contributed by atoms with Gasteiger partial charge in [-0.25, -0.2) is 4.79 Å². The molecule has 0 amide bonds. The summed E-state index contributed by atoms with van der Waals surface area (Å²) in [7, 11) is 3.63. The Morgan fingerprint density at radius 1 is 1.00 bits per heavy atom. The third kappa shape index (κ3) is 4.58. The van der Waals surface area contributed by atoms with Crippen molar-refractivity contribution in [3.05, 3.63) is 59.0 Å². The van der Waals surface area contributed by atoms with Crippen molar-refractivity contribution >= 4 is 18.1 Å². The van der Waals surface area contributed by atoms with Crippen molar-refractivity contribution in [1.82, 2.24) is 14.9 Å². The number of H-pyrrole nitrogens is 1. The maximum Gasteiger partial charge on any atom is 0.345 e. The predicted molar refractivity (Wildman–Crippen MR) is 121 cm³/mol. The SMILES string of the molecule is COc1cc(-c2cc(-c3ccc(N4CCN(C)CC4)cc3)nc(=O)[nH]2)ccc1O.Cl. The molecule has 1 aliphatic heterocycles. The third-order valence-electron chi connectivity index (χ3n) is 5.27. The van der Waals surface area contributed by atoms with Gasteiger partial charge in [-0.1, -0.05) is 12.1 Å². The number of methoxy groups -OCH3 is 1. The van der Waals surface area contributed by atoms with Gasteiger partial charge in [0.05, 0.1) is 18.5 Å². The number of halogens is 1. The molecule has 2 aromatic carbocycles. The Kier molecular flexibility index (Phi) is 6.64. The van der Waals surface area contributed by atoms with E-state index in [1.54, 1.807) is 12.1 Å². The molecule has 4 rings (SSSR count). The van der Waals surface area contributed by atoms with E-state index < -0.39 is 5.69 Å². The molecule has 0 aliphatic carbocycles. The number of phenolic OH excluding ortho intramolecular Hbond substituents is 1. The number of benzene rings is 2. The minimum absolute atomic E-state index is 0. The molecule has 8 heteroatoms. The van der Waals surface area contributed by atoms with E-state index in [1.807, 2.05) is 18.2 Å². The number of piperazine rings is 1. The lowest BCUT2D eigenvalue weighted by Crippen LogP contribution is -2.44. The summed E-state index contributed by atoms with van der Waals surface area (Å²) in [6.45, 7) is 4.12. The van der Waals surface area contributed by atoms with Crippen molar-refractivity contribution in [2.75, 3.05) is 45.2 Å². The van der Waals surface area contributed by atoms with Gasteiger partial charge in [-0.3, -0.25) is 0 Å². The third-order valence-corrected chi connectivity index (χ3v) is 5.27. The van der Waals surface area contributed by atoms with Gasteiger partial charge < -0.3 is 24.6 Å². The number of hydrogen-bond acceptors (Lipinski definition) is 6. The average Bonchev–Trinajstić information content (AvgIpc) is 2.74. The Morgan fingerprint density at radius 3 is 2.33 bits per heavy atom. The minimum Gasteiger partial charge on any atom is -0.504 e. The number of nitrogens with one attached hydrogen (secondary N) is 1. The van der Waals surface area contributed by atoms with Crippen LogP contribution in [0.2, 0.25) is 0 Å². The summed E-state index contributed by atoms with van der Waals surface area (Å²) in [5.41, 5.74) is 3.57. The Hall–Kier alpha value is -3.03. The van der Waals surface area contributed by atoms with Crippen LogP contribution in [-0.4, -0.2) is 60.3 Å². The summed E-state index contributed by atoms with van der Waals surface area (Å²) in [6.07, 6.45) is 0. The van der Waals surface area contributed by atoms with Crippen LogP contribution in [0, 0.1) is 0 Å². The molecule has 30 heavy (non-hydrogen) atoms.